The van der Waals surface area contributed by atoms with Crippen LogP contribution in [0.1, 0.15) is 24.3 Å². The lowest BCUT2D eigenvalue weighted by Crippen LogP contribution is -2.48. The number of amides is 1. The summed E-state index contributed by atoms with van der Waals surface area (Å²) in [5.74, 6) is -0.344. The van der Waals surface area contributed by atoms with Gasteiger partial charge in [-0.25, -0.2) is 0 Å². The second-order valence-corrected chi connectivity index (χ2v) is 6.20. The Bertz CT molecular complexity index is 668. The summed E-state index contributed by atoms with van der Waals surface area (Å²) in [6.45, 7) is 3.91. The molecule has 0 saturated carbocycles. The van der Waals surface area contributed by atoms with Gasteiger partial charge in [-0.1, -0.05) is 28.1 Å². The largest absolute Gasteiger partial charge is 0.359 e. The monoisotopic (exact) mass is 381 g/mol. The first-order valence-electron chi connectivity index (χ1n) is 6.64. The number of carbonyl (C=O) groups excluding carboxylic acids is 1. The molecule has 1 amide bonds. The topological polar surface area (TPSA) is 81.8 Å². The minimum absolute atomic E-state index is 0.188. The SMILES string of the molecule is CC(C)NC(=S)NNC(=O)c1cc(-c2ccc(Br)cc2)n[nH]1. The number of halogens is 1. The zero-order valence-electron chi connectivity index (χ0n) is 12.1. The van der Waals surface area contributed by atoms with Gasteiger partial charge < -0.3 is 5.32 Å². The summed E-state index contributed by atoms with van der Waals surface area (Å²) in [6, 6.07) is 9.54. The third-order valence-electron chi connectivity index (χ3n) is 2.67. The molecule has 2 rings (SSSR count). The van der Waals surface area contributed by atoms with Gasteiger partial charge in [-0.2, -0.15) is 5.10 Å². The molecular formula is C14H16BrN5OS. The molecule has 0 saturated heterocycles. The van der Waals surface area contributed by atoms with E-state index in [-0.39, 0.29) is 11.9 Å². The molecule has 116 valence electrons. The molecular weight excluding hydrogens is 366 g/mol. The molecule has 1 aromatic carbocycles. The van der Waals surface area contributed by atoms with Crippen LogP contribution in [-0.4, -0.2) is 27.3 Å². The first-order valence-corrected chi connectivity index (χ1v) is 7.84. The smallest absolute Gasteiger partial charge is 0.287 e. The summed E-state index contributed by atoms with van der Waals surface area (Å²) in [4.78, 5) is 12.0. The van der Waals surface area contributed by atoms with Gasteiger partial charge in [-0.15, -0.1) is 0 Å². The van der Waals surface area contributed by atoms with Crippen LogP contribution < -0.4 is 16.2 Å². The Morgan fingerprint density at radius 2 is 1.95 bits per heavy atom. The second-order valence-electron chi connectivity index (χ2n) is 4.88. The number of aromatic amines is 1. The molecule has 1 heterocycles. The summed E-state index contributed by atoms with van der Waals surface area (Å²) < 4.78 is 0.986. The fraction of sp³-hybridized carbons (Fsp3) is 0.214. The lowest BCUT2D eigenvalue weighted by atomic mass is 10.1. The number of aromatic nitrogens is 2. The number of hydrazine groups is 1. The Kier molecular flexibility index (Phi) is 5.51. The number of hydrogen-bond acceptors (Lipinski definition) is 3. The zero-order chi connectivity index (χ0) is 16.1. The maximum atomic E-state index is 12.0. The minimum atomic E-state index is -0.344. The van der Waals surface area contributed by atoms with Crippen molar-refractivity contribution in [2.75, 3.05) is 0 Å². The Morgan fingerprint density at radius 3 is 2.59 bits per heavy atom. The summed E-state index contributed by atoms with van der Waals surface area (Å²) in [5, 5.41) is 10.2. The molecule has 0 aliphatic rings. The van der Waals surface area contributed by atoms with Gasteiger partial charge in [0.05, 0.1) is 5.69 Å². The molecule has 0 aliphatic heterocycles. The van der Waals surface area contributed by atoms with Crippen molar-refractivity contribution < 1.29 is 4.79 Å². The maximum Gasteiger partial charge on any atom is 0.287 e. The van der Waals surface area contributed by atoms with E-state index in [2.05, 4.69) is 42.3 Å². The third-order valence-corrected chi connectivity index (χ3v) is 3.42. The van der Waals surface area contributed by atoms with Gasteiger partial charge in [0.1, 0.15) is 5.69 Å². The predicted molar refractivity (Wildman–Crippen MR) is 93.2 cm³/mol. The van der Waals surface area contributed by atoms with Crippen molar-refractivity contribution in [3.8, 4) is 11.3 Å². The number of thiocarbonyl (C=S) groups is 1. The summed E-state index contributed by atoms with van der Waals surface area (Å²) >= 11 is 8.40. The Hall–Kier alpha value is -1.93. The van der Waals surface area contributed by atoms with Gasteiger partial charge in [0.25, 0.3) is 5.91 Å². The van der Waals surface area contributed by atoms with Crippen molar-refractivity contribution in [1.29, 1.82) is 0 Å². The van der Waals surface area contributed by atoms with Gasteiger partial charge in [-0.05, 0) is 44.3 Å². The van der Waals surface area contributed by atoms with E-state index in [9.17, 15) is 4.79 Å². The lowest BCUT2D eigenvalue weighted by molar-refractivity contribution is 0.0938. The molecule has 0 fully saturated rings. The Morgan fingerprint density at radius 1 is 1.27 bits per heavy atom. The van der Waals surface area contributed by atoms with E-state index < -0.39 is 0 Å². The van der Waals surface area contributed by atoms with Crippen molar-refractivity contribution in [2.45, 2.75) is 19.9 Å². The van der Waals surface area contributed by atoms with Crippen LogP contribution in [0.5, 0.6) is 0 Å². The van der Waals surface area contributed by atoms with Crippen molar-refractivity contribution in [2.24, 2.45) is 0 Å². The van der Waals surface area contributed by atoms with Crippen LogP contribution in [0.3, 0.4) is 0 Å². The Labute approximate surface area is 142 Å². The molecule has 1 aromatic heterocycles. The molecule has 8 heteroatoms. The average Bonchev–Trinajstić information content (AvgIpc) is 2.94. The minimum Gasteiger partial charge on any atom is -0.359 e. The van der Waals surface area contributed by atoms with E-state index in [0.717, 1.165) is 10.0 Å². The number of nitrogens with one attached hydrogen (secondary N) is 4. The molecule has 0 unspecified atom stereocenters. The van der Waals surface area contributed by atoms with Crippen LogP contribution in [0.25, 0.3) is 11.3 Å². The molecule has 22 heavy (non-hydrogen) atoms. The fourth-order valence-corrected chi connectivity index (χ4v) is 2.24. The Balaban J connectivity index is 1.97. The summed E-state index contributed by atoms with van der Waals surface area (Å²) in [7, 11) is 0. The van der Waals surface area contributed by atoms with Gasteiger partial charge >= 0.3 is 0 Å². The van der Waals surface area contributed by atoms with Gasteiger partial charge in [0.2, 0.25) is 0 Å². The molecule has 0 aliphatic carbocycles. The van der Waals surface area contributed by atoms with Crippen LogP contribution >= 0.6 is 28.1 Å². The third kappa shape index (κ3) is 4.54. The van der Waals surface area contributed by atoms with E-state index in [0.29, 0.717) is 16.5 Å². The number of benzene rings is 1. The number of nitrogens with zero attached hydrogens (tertiary/aromatic N) is 1. The zero-order valence-corrected chi connectivity index (χ0v) is 14.5. The van der Waals surface area contributed by atoms with Crippen LogP contribution in [0, 0.1) is 0 Å². The van der Waals surface area contributed by atoms with Gasteiger partial charge in [0, 0.05) is 16.1 Å². The van der Waals surface area contributed by atoms with E-state index >= 15 is 0 Å². The maximum absolute atomic E-state index is 12.0. The quantitative estimate of drug-likeness (QED) is 0.484. The molecule has 4 N–H and O–H groups in total. The first-order chi connectivity index (χ1) is 10.5. The van der Waals surface area contributed by atoms with E-state index in [4.69, 9.17) is 12.2 Å². The number of hydrogen-bond donors (Lipinski definition) is 4. The molecule has 6 nitrogen and oxygen atoms in total. The van der Waals surface area contributed by atoms with Crippen LogP contribution in [0.2, 0.25) is 0 Å². The van der Waals surface area contributed by atoms with E-state index in [1.807, 2.05) is 38.1 Å². The van der Waals surface area contributed by atoms with Crippen LogP contribution in [0.4, 0.5) is 0 Å². The van der Waals surface area contributed by atoms with Crippen molar-refractivity contribution in [3.05, 3.63) is 40.5 Å². The molecule has 2 aromatic rings. The summed E-state index contributed by atoms with van der Waals surface area (Å²) in [5.41, 5.74) is 7.10. The lowest BCUT2D eigenvalue weighted by Gasteiger charge is -2.13. The molecule has 0 atom stereocenters. The highest BCUT2D eigenvalue weighted by atomic mass is 79.9. The van der Waals surface area contributed by atoms with Crippen molar-refractivity contribution in [1.82, 2.24) is 26.4 Å². The first kappa shape index (κ1) is 16.4. The second kappa shape index (κ2) is 7.37. The molecule has 0 bridgehead atoms. The summed E-state index contributed by atoms with van der Waals surface area (Å²) in [6.07, 6.45) is 0. The molecule has 0 spiro atoms. The van der Waals surface area contributed by atoms with Crippen LogP contribution in [0.15, 0.2) is 34.8 Å². The van der Waals surface area contributed by atoms with Gasteiger partial charge in [-0.3, -0.25) is 20.7 Å². The van der Waals surface area contributed by atoms with Crippen molar-refractivity contribution >= 4 is 39.2 Å². The number of rotatable bonds is 3. The van der Waals surface area contributed by atoms with E-state index in [1.165, 1.54) is 0 Å². The van der Waals surface area contributed by atoms with E-state index in [1.54, 1.807) is 6.07 Å². The number of H-pyrrole nitrogens is 1. The highest BCUT2D eigenvalue weighted by Gasteiger charge is 2.11. The number of carbonyl (C=O) groups is 1. The highest BCUT2D eigenvalue weighted by molar-refractivity contribution is 9.10. The predicted octanol–water partition coefficient (Wildman–Crippen LogP) is 2.36. The standard InChI is InChI=1S/C14H16BrN5OS/c1-8(2)16-14(22)20-19-13(21)12-7-11(17-18-12)9-3-5-10(15)6-4-9/h3-8H,1-2H3,(H,17,18)(H,19,21)(H2,16,20,22). The fourth-order valence-electron chi connectivity index (χ4n) is 1.69. The van der Waals surface area contributed by atoms with Crippen LogP contribution in [-0.2, 0) is 0 Å². The normalized spacial score (nSPS) is 10.4. The average molecular weight is 382 g/mol. The van der Waals surface area contributed by atoms with Gasteiger partial charge in [0.15, 0.2) is 5.11 Å². The molecule has 0 radical (unpaired) electrons. The van der Waals surface area contributed by atoms with Crippen molar-refractivity contribution in [3.63, 3.8) is 0 Å². The highest BCUT2D eigenvalue weighted by Crippen LogP contribution is 2.20.